The summed E-state index contributed by atoms with van der Waals surface area (Å²) >= 11 is 0. The summed E-state index contributed by atoms with van der Waals surface area (Å²) < 4.78 is 2.08. The van der Waals surface area contributed by atoms with Crippen LogP contribution in [0.4, 0.5) is 5.82 Å². The van der Waals surface area contributed by atoms with Crippen molar-refractivity contribution in [1.82, 2.24) is 14.8 Å². The fourth-order valence-corrected chi connectivity index (χ4v) is 2.25. The standard InChI is InChI=1S/C12H14N4/c1-9-8-15-16-11(4-7-14-12(9)16)10-2-5-13-6-3-10/h2-3,5-6,8,11,14H,4,7H2,1H3. The zero-order valence-electron chi connectivity index (χ0n) is 9.22. The van der Waals surface area contributed by atoms with E-state index >= 15 is 0 Å². The Morgan fingerprint density at radius 3 is 3.00 bits per heavy atom. The molecule has 0 fully saturated rings. The third-order valence-corrected chi connectivity index (χ3v) is 3.07. The number of fused-ring (bicyclic) bond motifs is 1. The highest BCUT2D eigenvalue weighted by molar-refractivity contribution is 5.46. The van der Waals surface area contributed by atoms with Crippen molar-refractivity contribution in [2.75, 3.05) is 11.9 Å². The van der Waals surface area contributed by atoms with Crippen LogP contribution in [0.15, 0.2) is 30.7 Å². The summed E-state index contributed by atoms with van der Waals surface area (Å²) in [6.45, 7) is 3.08. The van der Waals surface area contributed by atoms with Gasteiger partial charge in [0, 0.05) is 24.5 Å². The molecule has 3 rings (SSSR count). The van der Waals surface area contributed by atoms with E-state index in [1.165, 1.54) is 11.1 Å². The Hall–Kier alpha value is -1.84. The van der Waals surface area contributed by atoms with E-state index in [1.807, 2.05) is 18.6 Å². The molecule has 0 aromatic carbocycles. The Bertz CT molecular complexity index is 489. The van der Waals surface area contributed by atoms with Crippen molar-refractivity contribution in [3.8, 4) is 0 Å². The van der Waals surface area contributed by atoms with Gasteiger partial charge in [0.15, 0.2) is 0 Å². The van der Waals surface area contributed by atoms with Gasteiger partial charge >= 0.3 is 0 Å². The Morgan fingerprint density at radius 1 is 1.38 bits per heavy atom. The highest BCUT2D eigenvalue weighted by Gasteiger charge is 2.22. The number of anilines is 1. The first-order chi connectivity index (χ1) is 7.86. The molecule has 1 atom stereocenters. The van der Waals surface area contributed by atoms with Crippen LogP contribution in [0, 0.1) is 6.92 Å². The molecule has 82 valence electrons. The average molecular weight is 214 g/mol. The van der Waals surface area contributed by atoms with E-state index in [0.717, 1.165) is 18.8 Å². The molecule has 3 heterocycles. The van der Waals surface area contributed by atoms with Gasteiger partial charge in [0.2, 0.25) is 0 Å². The van der Waals surface area contributed by atoms with Crippen molar-refractivity contribution in [2.45, 2.75) is 19.4 Å². The molecule has 0 radical (unpaired) electrons. The van der Waals surface area contributed by atoms with Gasteiger partial charge in [-0.3, -0.25) is 4.98 Å². The number of pyridine rings is 1. The molecule has 4 heteroatoms. The van der Waals surface area contributed by atoms with Crippen LogP contribution in [-0.2, 0) is 0 Å². The number of aryl methyl sites for hydroxylation is 1. The predicted molar refractivity (Wildman–Crippen MR) is 62.4 cm³/mol. The normalized spacial score (nSPS) is 18.9. The molecule has 1 aliphatic heterocycles. The van der Waals surface area contributed by atoms with E-state index in [0.29, 0.717) is 6.04 Å². The number of nitrogens with one attached hydrogen (secondary N) is 1. The van der Waals surface area contributed by atoms with E-state index in [2.05, 4.69) is 39.1 Å². The summed E-state index contributed by atoms with van der Waals surface area (Å²) in [4.78, 5) is 4.06. The van der Waals surface area contributed by atoms with Crippen molar-refractivity contribution >= 4 is 5.82 Å². The molecule has 0 spiro atoms. The lowest BCUT2D eigenvalue weighted by Crippen LogP contribution is -2.24. The lowest BCUT2D eigenvalue weighted by Gasteiger charge is -2.26. The lowest BCUT2D eigenvalue weighted by atomic mass is 10.0. The average Bonchev–Trinajstić information content (AvgIpc) is 2.73. The van der Waals surface area contributed by atoms with Gasteiger partial charge in [-0.1, -0.05) is 0 Å². The Balaban J connectivity index is 2.05. The van der Waals surface area contributed by atoms with E-state index < -0.39 is 0 Å². The van der Waals surface area contributed by atoms with Crippen LogP contribution in [0.2, 0.25) is 0 Å². The number of nitrogens with zero attached hydrogens (tertiary/aromatic N) is 3. The number of aromatic nitrogens is 3. The van der Waals surface area contributed by atoms with Crippen LogP contribution in [-0.4, -0.2) is 21.3 Å². The van der Waals surface area contributed by atoms with E-state index in [-0.39, 0.29) is 0 Å². The third-order valence-electron chi connectivity index (χ3n) is 3.07. The molecule has 1 N–H and O–H groups in total. The summed E-state index contributed by atoms with van der Waals surface area (Å²) in [6, 6.07) is 4.47. The molecule has 1 aliphatic rings. The quantitative estimate of drug-likeness (QED) is 0.789. The summed E-state index contributed by atoms with van der Waals surface area (Å²) in [5.74, 6) is 1.15. The fourth-order valence-electron chi connectivity index (χ4n) is 2.25. The van der Waals surface area contributed by atoms with Crippen molar-refractivity contribution in [3.05, 3.63) is 41.9 Å². The van der Waals surface area contributed by atoms with Gasteiger partial charge in [0.05, 0.1) is 12.2 Å². The van der Waals surface area contributed by atoms with Crippen LogP contribution in [0.3, 0.4) is 0 Å². The third kappa shape index (κ3) is 1.38. The van der Waals surface area contributed by atoms with Gasteiger partial charge in [-0.25, -0.2) is 4.68 Å². The van der Waals surface area contributed by atoms with Gasteiger partial charge in [0.1, 0.15) is 5.82 Å². The molecule has 0 aliphatic carbocycles. The van der Waals surface area contributed by atoms with E-state index in [1.54, 1.807) is 0 Å². The molecule has 0 saturated heterocycles. The van der Waals surface area contributed by atoms with Crippen molar-refractivity contribution in [3.63, 3.8) is 0 Å². The van der Waals surface area contributed by atoms with Gasteiger partial charge < -0.3 is 5.32 Å². The van der Waals surface area contributed by atoms with Crippen LogP contribution >= 0.6 is 0 Å². The first-order valence-electron chi connectivity index (χ1n) is 5.54. The molecular formula is C12H14N4. The van der Waals surface area contributed by atoms with Crippen LogP contribution in [0.1, 0.15) is 23.6 Å². The second-order valence-corrected chi connectivity index (χ2v) is 4.13. The number of hydrogen-bond acceptors (Lipinski definition) is 3. The van der Waals surface area contributed by atoms with Crippen molar-refractivity contribution < 1.29 is 0 Å². The predicted octanol–water partition coefficient (Wildman–Crippen LogP) is 1.99. The van der Waals surface area contributed by atoms with Crippen LogP contribution < -0.4 is 5.32 Å². The topological polar surface area (TPSA) is 42.7 Å². The van der Waals surface area contributed by atoms with E-state index in [9.17, 15) is 0 Å². The first-order valence-corrected chi connectivity index (χ1v) is 5.54. The van der Waals surface area contributed by atoms with Crippen molar-refractivity contribution in [2.24, 2.45) is 0 Å². The Morgan fingerprint density at radius 2 is 2.19 bits per heavy atom. The second-order valence-electron chi connectivity index (χ2n) is 4.13. The Labute approximate surface area is 94.3 Å². The smallest absolute Gasteiger partial charge is 0.127 e. The van der Waals surface area contributed by atoms with Gasteiger partial charge in [-0.2, -0.15) is 5.10 Å². The molecule has 0 amide bonds. The van der Waals surface area contributed by atoms with Crippen LogP contribution in [0.5, 0.6) is 0 Å². The molecule has 2 aromatic rings. The minimum Gasteiger partial charge on any atom is -0.370 e. The maximum Gasteiger partial charge on any atom is 0.127 e. The molecule has 4 nitrogen and oxygen atoms in total. The van der Waals surface area contributed by atoms with E-state index in [4.69, 9.17) is 0 Å². The minimum absolute atomic E-state index is 0.341. The van der Waals surface area contributed by atoms with Gasteiger partial charge in [-0.15, -0.1) is 0 Å². The largest absolute Gasteiger partial charge is 0.370 e. The molecule has 2 aromatic heterocycles. The monoisotopic (exact) mass is 214 g/mol. The van der Waals surface area contributed by atoms with Crippen molar-refractivity contribution in [1.29, 1.82) is 0 Å². The molecular weight excluding hydrogens is 200 g/mol. The lowest BCUT2D eigenvalue weighted by molar-refractivity contribution is 0.481. The summed E-state index contributed by atoms with van der Waals surface area (Å²) in [5, 5.41) is 7.84. The fraction of sp³-hybridized carbons (Fsp3) is 0.333. The molecule has 1 unspecified atom stereocenters. The first kappa shape index (κ1) is 9.39. The summed E-state index contributed by atoms with van der Waals surface area (Å²) in [5.41, 5.74) is 2.49. The zero-order valence-corrected chi connectivity index (χ0v) is 9.22. The minimum atomic E-state index is 0.341. The summed E-state index contributed by atoms with van der Waals surface area (Å²) in [6.07, 6.45) is 6.67. The maximum atomic E-state index is 4.45. The molecule has 0 bridgehead atoms. The highest BCUT2D eigenvalue weighted by atomic mass is 15.4. The number of rotatable bonds is 1. The zero-order chi connectivity index (χ0) is 11.0. The van der Waals surface area contributed by atoms with Crippen LogP contribution in [0.25, 0.3) is 0 Å². The highest BCUT2D eigenvalue weighted by Crippen LogP contribution is 2.30. The van der Waals surface area contributed by atoms with Gasteiger partial charge in [0.25, 0.3) is 0 Å². The number of hydrogen-bond donors (Lipinski definition) is 1. The summed E-state index contributed by atoms with van der Waals surface area (Å²) in [7, 11) is 0. The maximum absolute atomic E-state index is 4.45. The molecule has 0 saturated carbocycles. The molecule has 16 heavy (non-hydrogen) atoms. The Kier molecular flexibility index (Phi) is 2.13. The van der Waals surface area contributed by atoms with Gasteiger partial charge in [-0.05, 0) is 31.0 Å². The SMILES string of the molecule is Cc1cnn2c1NCCC2c1ccncc1. The second kappa shape index (κ2) is 3.63.